The van der Waals surface area contributed by atoms with Gasteiger partial charge in [-0.3, -0.25) is 9.69 Å². The number of amides is 1. The highest BCUT2D eigenvalue weighted by atomic mass is 19.1. The molecule has 1 atom stereocenters. The molecule has 0 aromatic heterocycles. The van der Waals surface area contributed by atoms with Crippen LogP contribution in [0.5, 0.6) is 5.75 Å². The fourth-order valence-electron chi connectivity index (χ4n) is 2.47. The van der Waals surface area contributed by atoms with E-state index < -0.39 is 5.82 Å². The highest BCUT2D eigenvalue weighted by molar-refractivity contribution is 5.94. The second-order valence-electron chi connectivity index (χ2n) is 5.29. The third-order valence-corrected chi connectivity index (χ3v) is 3.59. The molecule has 1 N–H and O–H groups in total. The van der Waals surface area contributed by atoms with Gasteiger partial charge in [0, 0.05) is 38.8 Å². The van der Waals surface area contributed by atoms with Crippen LogP contribution in [0.2, 0.25) is 0 Å². The standard InChI is InChI=1S/C15H21FN2O3/c1-11(19)10-17-5-7-18(8-6-17)15(20)13-4-3-12(21-2)9-14(13)16/h3-4,9,11,19H,5-8,10H2,1-2H3. The van der Waals surface area contributed by atoms with Crippen LogP contribution in [-0.2, 0) is 0 Å². The summed E-state index contributed by atoms with van der Waals surface area (Å²) >= 11 is 0. The Balaban J connectivity index is 1.99. The number of nitrogens with zero attached hydrogens (tertiary/aromatic N) is 2. The van der Waals surface area contributed by atoms with Crippen LogP contribution < -0.4 is 4.74 Å². The molecule has 1 saturated heterocycles. The van der Waals surface area contributed by atoms with Gasteiger partial charge in [0.1, 0.15) is 11.6 Å². The summed E-state index contributed by atoms with van der Waals surface area (Å²) in [6.45, 7) is 4.79. The van der Waals surface area contributed by atoms with E-state index in [-0.39, 0.29) is 17.6 Å². The van der Waals surface area contributed by atoms with E-state index in [1.165, 1.54) is 19.2 Å². The molecule has 1 aromatic carbocycles. The van der Waals surface area contributed by atoms with Crippen molar-refractivity contribution in [1.82, 2.24) is 9.80 Å². The summed E-state index contributed by atoms with van der Waals surface area (Å²) in [5, 5.41) is 9.36. The van der Waals surface area contributed by atoms with Gasteiger partial charge in [-0.15, -0.1) is 0 Å². The lowest BCUT2D eigenvalue weighted by Crippen LogP contribution is -2.50. The maximum Gasteiger partial charge on any atom is 0.256 e. The molecule has 0 aliphatic carbocycles. The second-order valence-corrected chi connectivity index (χ2v) is 5.29. The van der Waals surface area contributed by atoms with Gasteiger partial charge in [0.2, 0.25) is 0 Å². The fourth-order valence-corrected chi connectivity index (χ4v) is 2.47. The van der Waals surface area contributed by atoms with Crippen LogP contribution in [0.25, 0.3) is 0 Å². The molecule has 6 heteroatoms. The normalized spacial score (nSPS) is 17.6. The first-order chi connectivity index (χ1) is 10.0. The Bertz CT molecular complexity index is 500. The van der Waals surface area contributed by atoms with Crippen molar-refractivity contribution < 1.29 is 19.0 Å². The van der Waals surface area contributed by atoms with E-state index in [1.807, 2.05) is 0 Å². The predicted octanol–water partition coefficient (Wildman–Crippen LogP) is 0.973. The first-order valence-corrected chi connectivity index (χ1v) is 7.04. The smallest absolute Gasteiger partial charge is 0.256 e. The molecule has 1 aromatic rings. The van der Waals surface area contributed by atoms with Crippen LogP contribution in [0, 0.1) is 5.82 Å². The lowest BCUT2D eigenvalue weighted by molar-refractivity contribution is 0.0550. The number of benzene rings is 1. The van der Waals surface area contributed by atoms with Gasteiger partial charge in [-0.25, -0.2) is 4.39 Å². The Morgan fingerprint density at radius 3 is 2.57 bits per heavy atom. The summed E-state index contributed by atoms with van der Waals surface area (Å²) in [7, 11) is 1.46. The van der Waals surface area contributed by atoms with Gasteiger partial charge in [0.25, 0.3) is 5.91 Å². The SMILES string of the molecule is COc1ccc(C(=O)N2CCN(CC(C)O)CC2)c(F)c1. The maximum atomic E-state index is 13.9. The molecule has 5 nitrogen and oxygen atoms in total. The second kappa shape index (κ2) is 6.87. The van der Waals surface area contributed by atoms with Crippen LogP contribution in [0.15, 0.2) is 18.2 Å². The molecule has 1 aliphatic rings. The lowest BCUT2D eigenvalue weighted by atomic mass is 10.1. The molecule has 2 rings (SSSR count). The largest absolute Gasteiger partial charge is 0.497 e. The molecule has 0 saturated carbocycles. The number of aliphatic hydroxyl groups excluding tert-OH is 1. The number of ether oxygens (including phenoxy) is 1. The minimum absolute atomic E-state index is 0.0692. The van der Waals surface area contributed by atoms with E-state index in [1.54, 1.807) is 17.9 Å². The molecular formula is C15H21FN2O3. The summed E-state index contributed by atoms with van der Waals surface area (Å²) in [5.41, 5.74) is 0.0692. The van der Waals surface area contributed by atoms with Gasteiger partial charge in [0.05, 0.1) is 18.8 Å². The zero-order valence-corrected chi connectivity index (χ0v) is 12.4. The fraction of sp³-hybridized carbons (Fsp3) is 0.533. The Kier molecular flexibility index (Phi) is 5.14. The van der Waals surface area contributed by atoms with Crippen LogP contribution in [0.3, 0.4) is 0 Å². The molecule has 1 unspecified atom stereocenters. The van der Waals surface area contributed by atoms with Crippen LogP contribution in [-0.4, -0.2) is 66.8 Å². The van der Waals surface area contributed by atoms with Crippen molar-refractivity contribution >= 4 is 5.91 Å². The van der Waals surface area contributed by atoms with Crippen molar-refractivity contribution in [2.45, 2.75) is 13.0 Å². The van der Waals surface area contributed by atoms with E-state index in [4.69, 9.17) is 4.74 Å². The maximum absolute atomic E-state index is 13.9. The highest BCUT2D eigenvalue weighted by Gasteiger charge is 2.24. The van der Waals surface area contributed by atoms with Crippen molar-refractivity contribution in [3.63, 3.8) is 0 Å². The van der Waals surface area contributed by atoms with Crippen molar-refractivity contribution in [3.05, 3.63) is 29.6 Å². The number of hydrogen-bond acceptors (Lipinski definition) is 4. The number of β-amino-alcohol motifs (C(OH)–C–C–N with tert-alkyl or cyclic N) is 1. The van der Waals surface area contributed by atoms with Crippen LogP contribution in [0.4, 0.5) is 4.39 Å². The summed E-state index contributed by atoms with van der Waals surface area (Å²) in [6.07, 6.45) is -0.383. The summed E-state index contributed by atoms with van der Waals surface area (Å²) < 4.78 is 18.9. The molecule has 1 heterocycles. The minimum atomic E-state index is -0.564. The van der Waals surface area contributed by atoms with Crippen molar-refractivity contribution in [1.29, 1.82) is 0 Å². The van der Waals surface area contributed by atoms with Crippen molar-refractivity contribution in [2.24, 2.45) is 0 Å². The Morgan fingerprint density at radius 2 is 2.05 bits per heavy atom. The molecular weight excluding hydrogens is 275 g/mol. The number of methoxy groups -OCH3 is 1. The molecule has 116 valence electrons. The van der Waals surface area contributed by atoms with E-state index in [9.17, 15) is 14.3 Å². The van der Waals surface area contributed by atoms with E-state index in [0.717, 1.165) is 0 Å². The van der Waals surface area contributed by atoms with Gasteiger partial charge in [-0.1, -0.05) is 0 Å². The Labute approximate surface area is 123 Å². The first-order valence-electron chi connectivity index (χ1n) is 7.04. The molecule has 0 spiro atoms. The van der Waals surface area contributed by atoms with E-state index in [2.05, 4.69) is 4.90 Å². The first kappa shape index (κ1) is 15.7. The number of hydrogen-bond donors (Lipinski definition) is 1. The van der Waals surface area contributed by atoms with Gasteiger partial charge in [-0.05, 0) is 19.1 Å². The van der Waals surface area contributed by atoms with Gasteiger partial charge in [-0.2, -0.15) is 0 Å². The third-order valence-electron chi connectivity index (χ3n) is 3.59. The summed E-state index contributed by atoms with van der Waals surface area (Å²) in [4.78, 5) is 16.1. The number of rotatable bonds is 4. The van der Waals surface area contributed by atoms with E-state index >= 15 is 0 Å². The number of aliphatic hydroxyl groups is 1. The summed E-state index contributed by atoms with van der Waals surface area (Å²) in [6, 6.07) is 4.26. The number of halogens is 1. The van der Waals surface area contributed by atoms with Crippen molar-refractivity contribution in [3.8, 4) is 5.75 Å². The molecule has 0 radical (unpaired) electrons. The van der Waals surface area contributed by atoms with Gasteiger partial charge >= 0.3 is 0 Å². The van der Waals surface area contributed by atoms with Gasteiger partial charge < -0.3 is 14.7 Å². The van der Waals surface area contributed by atoms with Gasteiger partial charge in [0.15, 0.2) is 0 Å². The molecule has 1 fully saturated rings. The number of carbonyl (C=O) groups is 1. The zero-order chi connectivity index (χ0) is 15.4. The number of carbonyl (C=O) groups excluding carboxylic acids is 1. The van der Waals surface area contributed by atoms with Crippen LogP contribution in [0.1, 0.15) is 17.3 Å². The Morgan fingerprint density at radius 1 is 1.38 bits per heavy atom. The molecule has 21 heavy (non-hydrogen) atoms. The lowest BCUT2D eigenvalue weighted by Gasteiger charge is -2.35. The average molecular weight is 296 g/mol. The topological polar surface area (TPSA) is 53.0 Å². The zero-order valence-electron chi connectivity index (χ0n) is 12.4. The molecule has 1 amide bonds. The molecule has 0 bridgehead atoms. The van der Waals surface area contributed by atoms with Crippen LogP contribution >= 0.6 is 0 Å². The predicted molar refractivity (Wildman–Crippen MR) is 77.0 cm³/mol. The highest BCUT2D eigenvalue weighted by Crippen LogP contribution is 2.18. The third kappa shape index (κ3) is 3.92. The summed E-state index contributed by atoms with van der Waals surface area (Å²) in [5.74, 6) is -0.469. The average Bonchev–Trinajstić information content (AvgIpc) is 2.46. The Hall–Kier alpha value is -1.66. The number of piperazine rings is 1. The van der Waals surface area contributed by atoms with E-state index in [0.29, 0.717) is 38.5 Å². The molecule has 1 aliphatic heterocycles. The van der Waals surface area contributed by atoms with Crippen molar-refractivity contribution in [2.75, 3.05) is 39.8 Å². The quantitative estimate of drug-likeness (QED) is 0.899. The minimum Gasteiger partial charge on any atom is -0.497 e. The monoisotopic (exact) mass is 296 g/mol.